The first-order chi connectivity index (χ1) is 9.04. The number of nitrogens with zero attached hydrogens (tertiary/aromatic N) is 1. The highest BCUT2D eigenvalue weighted by Gasteiger charge is 2.28. The molecule has 0 saturated carbocycles. The molecule has 1 N–H and O–H groups in total. The fraction of sp³-hybridized carbons (Fsp3) is 0.600. The van der Waals surface area contributed by atoms with Crippen molar-refractivity contribution in [3.63, 3.8) is 0 Å². The Bertz CT molecular complexity index is 425. The van der Waals surface area contributed by atoms with E-state index in [9.17, 15) is 8.78 Å². The standard InChI is InChI=1S/C15H22F2N2/c1-10-5-4-6-19(11(10)2)15-13(16)7-12(9-18-3)8-14(15)17/h7-8,10-11,18H,4-6,9H2,1-3H3. The van der Waals surface area contributed by atoms with Crippen molar-refractivity contribution in [3.05, 3.63) is 29.3 Å². The Kier molecular flexibility index (Phi) is 4.40. The lowest BCUT2D eigenvalue weighted by Crippen LogP contribution is -2.43. The van der Waals surface area contributed by atoms with Crippen molar-refractivity contribution in [1.82, 2.24) is 5.32 Å². The minimum atomic E-state index is -0.453. The van der Waals surface area contributed by atoms with Crippen LogP contribution < -0.4 is 10.2 Å². The zero-order chi connectivity index (χ0) is 14.0. The van der Waals surface area contributed by atoms with E-state index >= 15 is 0 Å². The van der Waals surface area contributed by atoms with Gasteiger partial charge in [-0.3, -0.25) is 0 Å². The van der Waals surface area contributed by atoms with E-state index in [0.717, 1.165) is 19.4 Å². The molecule has 0 bridgehead atoms. The topological polar surface area (TPSA) is 15.3 Å². The summed E-state index contributed by atoms with van der Waals surface area (Å²) >= 11 is 0. The highest BCUT2D eigenvalue weighted by Crippen LogP contribution is 2.32. The lowest BCUT2D eigenvalue weighted by atomic mass is 9.91. The quantitative estimate of drug-likeness (QED) is 0.904. The summed E-state index contributed by atoms with van der Waals surface area (Å²) in [5.41, 5.74) is 0.776. The van der Waals surface area contributed by atoms with Crippen LogP contribution in [0, 0.1) is 17.6 Å². The zero-order valence-electron chi connectivity index (χ0n) is 11.8. The Morgan fingerprint density at radius 2 is 1.89 bits per heavy atom. The number of piperidine rings is 1. The largest absolute Gasteiger partial charge is 0.364 e. The van der Waals surface area contributed by atoms with Gasteiger partial charge in [-0.2, -0.15) is 0 Å². The number of nitrogens with one attached hydrogen (secondary N) is 1. The van der Waals surface area contributed by atoms with Crippen LogP contribution >= 0.6 is 0 Å². The number of anilines is 1. The Hall–Kier alpha value is -1.16. The molecule has 1 aromatic carbocycles. The van der Waals surface area contributed by atoms with E-state index in [1.54, 1.807) is 7.05 Å². The van der Waals surface area contributed by atoms with Crippen molar-refractivity contribution in [2.75, 3.05) is 18.5 Å². The molecule has 1 fully saturated rings. The fourth-order valence-corrected chi connectivity index (χ4v) is 2.85. The van der Waals surface area contributed by atoms with Gasteiger partial charge in [-0.15, -0.1) is 0 Å². The molecular weight excluding hydrogens is 246 g/mol. The molecule has 1 aromatic rings. The lowest BCUT2D eigenvalue weighted by molar-refractivity contribution is 0.356. The highest BCUT2D eigenvalue weighted by atomic mass is 19.1. The first kappa shape index (κ1) is 14.3. The van der Waals surface area contributed by atoms with Crippen LogP contribution in [0.3, 0.4) is 0 Å². The third-order valence-electron chi connectivity index (χ3n) is 4.12. The molecule has 1 heterocycles. The van der Waals surface area contributed by atoms with Crippen LogP contribution in [0.4, 0.5) is 14.5 Å². The smallest absolute Gasteiger partial charge is 0.149 e. The molecule has 2 atom stereocenters. The van der Waals surface area contributed by atoms with Crippen molar-refractivity contribution in [1.29, 1.82) is 0 Å². The summed E-state index contributed by atoms with van der Waals surface area (Å²) in [6, 6.07) is 3.04. The molecule has 0 amide bonds. The molecule has 0 aliphatic carbocycles. The monoisotopic (exact) mass is 268 g/mol. The van der Waals surface area contributed by atoms with Crippen molar-refractivity contribution in [3.8, 4) is 0 Å². The maximum absolute atomic E-state index is 14.2. The van der Waals surface area contributed by atoms with E-state index in [1.807, 2.05) is 11.8 Å². The van der Waals surface area contributed by atoms with Gasteiger partial charge < -0.3 is 10.2 Å². The van der Waals surface area contributed by atoms with E-state index in [-0.39, 0.29) is 11.7 Å². The molecule has 4 heteroatoms. The molecule has 106 valence electrons. The van der Waals surface area contributed by atoms with Crippen molar-refractivity contribution in [2.45, 2.75) is 39.3 Å². The third kappa shape index (κ3) is 2.89. The van der Waals surface area contributed by atoms with Crippen LogP contribution in [-0.2, 0) is 6.54 Å². The summed E-state index contributed by atoms with van der Waals surface area (Å²) in [7, 11) is 1.76. The van der Waals surface area contributed by atoms with Crippen LogP contribution in [0.5, 0.6) is 0 Å². The molecule has 0 radical (unpaired) electrons. The van der Waals surface area contributed by atoms with E-state index < -0.39 is 11.6 Å². The highest BCUT2D eigenvalue weighted by molar-refractivity contribution is 5.52. The second-order valence-electron chi connectivity index (χ2n) is 5.49. The zero-order valence-corrected chi connectivity index (χ0v) is 11.8. The van der Waals surface area contributed by atoms with Crippen LogP contribution in [0.25, 0.3) is 0 Å². The summed E-state index contributed by atoms with van der Waals surface area (Å²) in [4.78, 5) is 1.88. The number of rotatable bonds is 3. The summed E-state index contributed by atoms with van der Waals surface area (Å²) in [6.45, 7) is 5.39. The predicted molar refractivity (Wildman–Crippen MR) is 74.3 cm³/mol. The van der Waals surface area contributed by atoms with E-state index in [0.29, 0.717) is 18.0 Å². The van der Waals surface area contributed by atoms with Gasteiger partial charge in [0.2, 0.25) is 0 Å². The average Bonchev–Trinajstić information content (AvgIpc) is 2.34. The summed E-state index contributed by atoms with van der Waals surface area (Å²) in [5, 5.41) is 2.91. The molecule has 2 nitrogen and oxygen atoms in total. The van der Waals surface area contributed by atoms with Crippen LogP contribution in [0.15, 0.2) is 12.1 Å². The van der Waals surface area contributed by atoms with Crippen molar-refractivity contribution in [2.24, 2.45) is 5.92 Å². The van der Waals surface area contributed by atoms with Gasteiger partial charge in [-0.1, -0.05) is 6.92 Å². The summed E-state index contributed by atoms with van der Waals surface area (Å²) in [6.07, 6.45) is 2.11. The Morgan fingerprint density at radius 3 is 2.47 bits per heavy atom. The third-order valence-corrected chi connectivity index (χ3v) is 4.12. The van der Waals surface area contributed by atoms with E-state index in [4.69, 9.17) is 0 Å². The molecule has 1 saturated heterocycles. The molecule has 2 rings (SSSR count). The lowest BCUT2D eigenvalue weighted by Gasteiger charge is -2.39. The second-order valence-corrected chi connectivity index (χ2v) is 5.49. The van der Waals surface area contributed by atoms with Gasteiger partial charge in [0.15, 0.2) is 0 Å². The Balaban J connectivity index is 2.33. The predicted octanol–water partition coefficient (Wildman–Crippen LogP) is 3.31. The molecule has 1 aliphatic rings. The van der Waals surface area contributed by atoms with Crippen LogP contribution in [0.1, 0.15) is 32.3 Å². The molecule has 19 heavy (non-hydrogen) atoms. The first-order valence-corrected chi connectivity index (χ1v) is 6.93. The van der Waals surface area contributed by atoms with Gasteiger partial charge in [-0.25, -0.2) is 8.78 Å². The molecule has 0 spiro atoms. The Morgan fingerprint density at radius 1 is 1.26 bits per heavy atom. The van der Waals surface area contributed by atoms with Crippen LogP contribution in [0.2, 0.25) is 0 Å². The number of halogens is 2. The minimum absolute atomic E-state index is 0.138. The first-order valence-electron chi connectivity index (χ1n) is 6.93. The van der Waals surface area contributed by atoms with Gasteiger partial charge in [0, 0.05) is 19.1 Å². The normalized spacial score (nSPS) is 23.7. The van der Waals surface area contributed by atoms with Gasteiger partial charge in [0.05, 0.1) is 0 Å². The summed E-state index contributed by atoms with van der Waals surface area (Å²) in [5.74, 6) is -0.443. The average molecular weight is 268 g/mol. The second kappa shape index (κ2) is 5.87. The SMILES string of the molecule is CNCc1cc(F)c(N2CCCC(C)C2C)c(F)c1. The molecule has 0 aromatic heterocycles. The van der Waals surface area contributed by atoms with Gasteiger partial charge in [0.1, 0.15) is 17.3 Å². The minimum Gasteiger partial charge on any atom is -0.364 e. The molecular formula is C15H22F2N2. The van der Waals surface area contributed by atoms with Crippen molar-refractivity contribution >= 4 is 5.69 Å². The molecule has 1 aliphatic heterocycles. The molecule has 2 unspecified atom stereocenters. The van der Waals surface area contributed by atoms with Crippen molar-refractivity contribution < 1.29 is 8.78 Å². The number of benzene rings is 1. The maximum Gasteiger partial charge on any atom is 0.149 e. The van der Waals surface area contributed by atoms with Gasteiger partial charge in [-0.05, 0) is 50.4 Å². The van der Waals surface area contributed by atoms with E-state index in [2.05, 4.69) is 12.2 Å². The fourth-order valence-electron chi connectivity index (χ4n) is 2.85. The number of hydrogen-bond donors (Lipinski definition) is 1. The Labute approximate surface area is 113 Å². The van der Waals surface area contributed by atoms with Gasteiger partial charge in [0.25, 0.3) is 0 Å². The van der Waals surface area contributed by atoms with E-state index in [1.165, 1.54) is 12.1 Å². The summed E-state index contributed by atoms with van der Waals surface area (Å²) < 4.78 is 28.4. The number of hydrogen-bond acceptors (Lipinski definition) is 2. The van der Waals surface area contributed by atoms with Gasteiger partial charge >= 0.3 is 0 Å². The van der Waals surface area contributed by atoms with Crippen LogP contribution in [-0.4, -0.2) is 19.6 Å². The maximum atomic E-state index is 14.2.